The largest absolute Gasteiger partial charge is 0.514 e. The number of hydrogen-bond acceptors (Lipinski definition) is 4. The quantitative estimate of drug-likeness (QED) is 0.739. The van der Waals surface area contributed by atoms with Crippen LogP contribution in [0.25, 0.3) is 0 Å². The summed E-state index contributed by atoms with van der Waals surface area (Å²) in [7, 11) is -0.464. The molecule has 2 rings (SSSR count). The maximum Gasteiger partial charge on any atom is 0.514 e. The molecule has 0 amide bonds. The van der Waals surface area contributed by atoms with Crippen molar-refractivity contribution in [1.82, 2.24) is 4.98 Å². The first kappa shape index (κ1) is 13.1. The molecule has 1 aromatic rings. The van der Waals surface area contributed by atoms with E-state index in [4.69, 9.17) is 14.6 Å². The van der Waals surface area contributed by atoms with Crippen LogP contribution in [0.15, 0.2) is 18.3 Å². The Morgan fingerprint density at radius 1 is 1.28 bits per heavy atom. The molecule has 1 fully saturated rings. The summed E-state index contributed by atoms with van der Waals surface area (Å²) in [6.45, 7) is 8.02. The van der Waals surface area contributed by atoms with Gasteiger partial charge in [-0.25, -0.2) is 0 Å². The maximum atomic E-state index is 8.71. The van der Waals surface area contributed by atoms with Gasteiger partial charge in [0.15, 0.2) is 0 Å². The van der Waals surface area contributed by atoms with E-state index in [1.807, 2.05) is 39.8 Å². The van der Waals surface area contributed by atoms with E-state index in [2.05, 4.69) is 11.1 Å². The summed E-state index contributed by atoms with van der Waals surface area (Å²) >= 11 is 0. The molecule has 0 aromatic carbocycles. The van der Waals surface area contributed by atoms with E-state index in [9.17, 15) is 0 Å². The average Bonchev–Trinajstić information content (AvgIpc) is 2.49. The standard InChI is InChI=1S/C13H17BN2O2/c1-12(2)13(3,4)18-14(17-12)11-9-10(5-7-15)6-8-16-11/h6,8-9H,5H2,1-4H3. The third-order valence-corrected chi connectivity index (χ3v) is 3.62. The van der Waals surface area contributed by atoms with Crippen molar-refractivity contribution in [3.8, 4) is 6.07 Å². The van der Waals surface area contributed by atoms with E-state index >= 15 is 0 Å². The van der Waals surface area contributed by atoms with Crippen LogP contribution < -0.4 is 5.59 Å². The molecule has 0 unspecified atom stereocenters. The molecule has 0 bridgehead atoms. The molecule has 0 spiro atoms. The lowest BCUT2D eigenvalue weighted by molar-refractivity contribution is 0.00578. The van der Waals surface area contributed by atoms with Crippen LogP contribution in [0.5, 0.6) is 0 Å². The van der Waals surface area contributed by atoms with Gasteiger partial charge in [0.05, 0.1) is 29.3 Å². The van der Waals surface area contributed by atoms with Gasteiger partial charge >= 0.3 is 7.12 Å². The number of pyridine rings is 1. The van der Waals surface area contributed by atoms with E-state index in [0.717, 1.165) is 11.2 Å². The molecule has 1 saturated heterocycles. The summed E-state index contributed by atoms with van der Waals surface area (Å²) < 4.78 is 11.8. The second kappa shape index (κ2) is 4.38. The Morgan fingerprint density at radius 2 is 1.89 bits per heavy atom. The lowest BCUT2D eigenvalue weighted by Crippen LogP contribution is -2.41. The van der Waals surface area contributed by atoms with E-state index in [-0.39, 0.29) is 11.2 Å². The number of rotatable bonds is 2. The van der Waals surface area contributed by atoms with E-state index in [1.54, 1.807) is 6.20 Å². The van der Waals surface area contributed by atoms with Crippen LogP contribution in [0.1, 0.15) is 33.3 Å². The zero-order valence-electron chi connectivity index (χ0n) is 11.2. The highest BCUT2D eigenvalue weighted by molar-refractivity contribution is 6.61. The smallest absolute Gasteiger partial charge is 0.398 e. The Labute approximate surface area is 108 Å². The minimum absolute atomic E-state index is 0.370. The topological polar surface area (TPSA) is 55.1 Å². The fourth-order valence-corrected chi connectivity index (χ4v) is 1.79. The molecule has 1 aliphatic heterocycles. The molecule has 0 radical (unpaired) electrons. The van der Waals surface area contributed by atoms with Crippen molar-refractivity contribution in [2.24, 2.45) is 0 Å². The molecule has 0 atom stereocenters. The van der Waals surface area contributed by atoms with Crippen molar-refractivity contribution in [3.05, 3.63) is 23.9 Å². The van der Waals surface area contributed by atoms with Gasteiger partial charge in [-0.1, -0.05) is 0 Å². The lowest BCUT2D eigenvalue weighted by atomic mass is 9.83. The minimum Gasteiger partial charge on any atom is -0.398 e. The molecule has 18 heavy (non-hydrogen) atoms. The average molecular weight is 244 g/mol. The van der Waals surface area contributed by atoms with Crippen LogP contribution in [0.2, 0.25) is 0 Å². The van der Waals surface area contributed by atoms with E-state index < -0.39 is 7.12 Å². The van der Waals surface area contributed by atoms with Crippen molar-refractivity contribution in [2.45, 2.75) is 45.3 Å². The summed E-state index contributed by atoms with van der Waals surface area (Å²) in [5, 5.41) is 8.71. The zero-order valence-corrected chi connectivity index (χ0v) is 11.2. The Hall–Kier alpha value is -1.38. The fourth-order valence-electron chi connectivity index (χ4n) is 1.79. The van der Waals surface area contributed by atoms with Crippen molar-refractivity contribution < 1.29 is 9.31 Å². The first-order chi connectivity index (χ1) is 8.36. The number of aromatic nitrogens is 1. The molecule has 4 nitrogen and oxygen atoms in total. The second-order valence-electron chi connectivity index (χ2n) is 5.51. The molecular formula is C13H17BN2O2. The Morgan fingerprint density at radius 3 is 2.44 bits per heavy atom. The van der Waals surface area contributed by atoms with Gasteiger partial charge in [-0.2, -0.15) is 5.26 Å². The summed E-state index contributed by atoms with van der Waals surface area (Å²) in [5.74, 6) is 0. The number of hydrogen-bond donors (Lipinski definition) is 0. The molecule has 94 valence electrons. The SMILES string of the molecule is CC1(C)OB(c2cc(CC#N)ccn2)OC1(C)C. The first-order valence-corrected chi connectivity index (χ1v) is 6.03. The van der Waals surface area contributed by atoms with E-state index in [0.29, 0.717) is 6.42 Å². The highest BCUT2D eigenvalue weighted by atomic mass is 16.7. The molecule has 1 aliphatic rings. The minimum atomic E-state index is -0.464. The Kier molecular flexibility index (Phi) is 3.18. The Bertz CT molecular complexity index is 478. The number of nitriles is 1. The van der Waals surface area contributed by atoms with Gasteiger partial charge in [0, 0.05) is 6.20 Å². The van der Waals surface area contributed by atoms with Crippen molar-refractivity contribution in [1.29, 1.82) is 5.26 Å². The van der Waals surface area contributed by atoms with Gasteiger partial charge in [0.1, 0.15) is 0 Å². The summed E-state index contributed by atoms with van der Waals surface area (Å²) in [5.41, 5.74) is 0.911. The third kappa shape index (κ3) is 2.26. The van der Waals surface area contributed by atoms with Crippen LogP contribution >= 0.6 is 0 Å². The van der Waals surface area contributed by atoms with E-state index in [1.165, 1.54) is 0 Å². The van der Waals surface area contributed by atoms with Crippen LogP contribution in [-0.2, 0) is 15.7 Å². The van der Waals surface area contributed by atoms with Gasteiger partial charge in [-0.05, 0) is 45.4 Å². The summed E-state index contributed by atoms with van der Waals surface area (Å²) in [6, 6.07) is 5.82. The fraction of sp³-hybridized carbons (Fsp3) is 0.538. The van der Waals surface area contributed by atoms with Gasteiger partial charge in [0.25, 0.3) is 0 Å². The van der Waals surface area contributed by atoms with Crippen molar-refractivity contribution in [2.75, 3.05) is 0 Å². The summed E-state index contributed by atoms with van der Waals surface area (Å²) in [4.78, 5) is 4.28. The van der Waals surface area contributed by atoms with Crippen LogP contribution in [0, 0.1) is 11.3 Å². The molecule has 1 aromatic heterocycles. The van der Waals surface area contributed by atoms with Gasteiger partial charge in [-0.3, -0.25) is 4.98 Å². The molecule has 5 heteroatoms. The Balaban J connectivity index is 2.24. The van der Waals surface area contributed by atoms with Crippen LogP contribution in [0.3, 0.4) is 0 Å². The normalized spacial score (nSPS) is 20.7. The number of nitrogens with zero attached hydrogens (tertiary/aromatic N) is 2. The highest BCUT2D eigenvalue weighted by Gasteiger charge is 2.52. The molecule has 2 heterocycles. The van der Waals surface area contributed by atoms with Gasteiger partial charge < -0.3 is 9.31 Å². The highest BCUT2D eigenvalue weighted by Crippen LogP contribution is 2.36. The van der Waals surface area contributed by atoms with Crippen molar-refractivity contribution in [3.63, 3.8) is 0 Å². The maximum absolute atomic E-state index is 8.71. The van der Waals surface area contributed by atoms with Crippen LogP contribution in [0.4, 0.5) is 0 Å². The van der Waals surface area contributed by atoms with Gasteiger partial charge in [0.2, 0.25) is 0 Å². The molecular weight excluding hydrogens is 227 g/mol. The predicted molar refractivity (Wildman–Crippen MR) is 69.3 cm³/mol. The first-order valence-electron chi connectivity index (χ1n) is 6.03. The predicted octanol–water partition coefficient (Wildman–Crippen LogP) is 1.45. The lowest BCUT2D eigenvalue weighted by Gasteiger charge is -2.32. The summed E-state index contributed by atoms with van der Waals surface area (Å²) in [6.07, 6.45) is 2.06. The van der Waals surface area contributed by atoms with Gasteiger partial charge in [-0.15, -0.1) is 0 Å². The second-order valence-corrected chi connectivity index (χ2v) is 5.51. The molecule has 0 N–H and O–H groups in total. The monoisotopic (exact) mass is 244 g/mol. The zero-order chi connectivity index (χ0) is 13.4. The van der Waals surface area contributed by atoms with Crippen molar-refractivity contribution >= 4 is 12.7 Å². The molecule has 0 saturated carbocycles. The van der Waals surface area contributed by atoms with Crippen LogP contribution in [-0.4, -0.2) is 23.3 Å². The third-order valence-electron chi connectivity index (χ3n) is 3.62. The molecule has 0 aliphatic carbocycles.